The molecular formula is C12H13N3O3. The van der Waals surface area contributed by atoms with E-state index in [-0.39, 0.29) is 5.69 Å². The predicted molar refractivity (Wildman–Crippen MR) is 61.8 cm³/mol. The lowest BCUT2D eigenvalue weighted by Gasteiger charge is -2.29. The zero-order valence-corrected chi connectivity index (χ0v) is 9.74. The molecule has 1 fully saturated rings. The number of carboxylic acids is 1. The van der Waals surface area contributed by atoms with Crippen LogP contribution in [0.2, 0.25) is 0 Å². The van der Waals surface area contributed by atoms with Gasteiger partial charge in [-0.1, -0.05) is 6.07 Å². The SMILES string of the molecule is N#CC1CN(Cc2cccc(C(=O)O)n2)CCO1. The third kappa shape index (κ3) is 3.03. The Morgan fingerprint density at radius 2 is 2.50 bits per heavy atom. The maximum absolute atomic E-state index is 10.8. The Hall–Kier alpha value is -1.97. The number of carbonyl (C=O) groups is 1. The summed E-state index contributed by atoms with van der Waals surface area (Å²) in [4.78, 5) is 16.9. The van der Waals surface area contributed by atoms with Gasteiger partial charge in [-0.3, -0.25) is 4.90 Å². The normalized spacial score (nSPS) is 20.3. The van der Waals surface area contributed by atoms with Crippen molar-refractivity contribution in [1.29, 1.82) is 5.26 Å². The number of aromatic carboxylic acids is 1. The summed E-state index contributed by atoms with van der Waals surface area (Å²) in [6.45, 7) is 2.28. The molecule has 1 aliphatic heterocycles. The van der Waals surface area contributed by atoms with E-state index in [1.807, 2.05) is 4.90 Å². The molecule has 1 N–H and O–H groups in total. The smallest absolute Gasteiger partial charge is 0.354 e. The maximum Gasteiger partial charge on any atom is 0.354 e. The van der Waals surface area contributed by atoms with Crippen molar-refractivity contribution in [2.75, 3.05) is 19.7 Å². The largest absolute Gasteiger partial charge is 0.477 e. The third-order valence-electron chi connectivity index (χ3n) is 2.71. The fourth-order valence-electron chi connectivity index (χ4n) is 1.84. The molecule has 18 heavy (non-hydrogen) atoms. The second-order valence-electron chi connectivity index (χ2n) is 4.04. The Balaban J connectivity index is 2.03. The summed E-state index contributed by atoms with van der Waals surface area (Å²) in [5, 5.41) is 17.7. The number of aromatic nitrogens is 1. The highest BCUT2D eigenvalue weighted by atomic mass is 16.5. The molecule has 0 spiro atoms. The molecule has 0 aliphatic carbocycles. The molecule has 1 atom stereocenters. The van der Waals surface area contributed by atoms with Crippen molar-refractivity contribution in [3.63, 3.8) is 0 Å². The molecule has 1 aromatic heterocycles. The second kappa shape index (κ2) is 5.58. The average molecular weight is 247 g/mol. The van der Waals surface area contributed by atoms with Crippen LogP contribution in [0.15, 0.2) is 18.2 Å². The van der Waals surface area contributed by atoms with Crippen molar-refractivity contribution >= 4 is 5.97 Å². The van der Waals surface area contributed by atoms with Crippen molar-refractivity contribution in [2.45, 2.75) is 12.6 Å². The van der Waals surface area contributed by atoms with Crippen LogP contribution < -0.4 is 0 Å². The highest BCUT2D eigenvalue weighted by Gasteiger charge is 2.20. The first-order valence-electron chi connectivity index (χ1n) is 5.62. The van der Waals surface area contributed by atoms with Gasteiger partial charge in [0.25, 0.3) is 0 Å². The molecule has 1 saturated heterocycles. The van der Waals surface area contributed by atoms with Gasteiger partial charge in [-0.05, 0) is 12.1 Å². The number of morpholine rings is 1. The van der Waals surface area contributed by atoms with Gasteiger partial charge >= 0.3 is 5.97 Å². The van der Waals surface area contributed by atoms with E-state index in [2.05, 4.69) is 11.1 Å². The lowest BCUT2D eigenvalue weighted by Crippen LogP contribution is -2.41. The van der Waals surface area contributed by atoms with Crippen LogP contribution in [0.1, 0.15) is 16.2 Å². The molecule has 0 aromatic carbocycles. The predicted octanol–water partition coefficient (Wildman–Crippen LogP) is 0.504. The van der Waals surface area contributed by atoms with Crippen LogP contribution in [0.4, 0.5) is 0 Å². The van der Waals surface area contributed by atoms with Crippen LogP contribution in [-0.4, -0.2) is 46.8 Å². The number of nitriles is 1. The summed E-state index contributed by atoms with van der Waals surface area (Å²) in [5.74, 6) is -1.03. The molecule has 0 amide bonds. The van der Waals surface area contributed by atoms with E-state index in [0.29, 0.717) is 25.4 Å². The highest BCUT2D eigenvalue weighted by Crippen LogP contribution is 2.09. The van der Waals surface area contributed by atoms with Crippen LogP contribution >= 0.6 is 0 Å². The molecular weight excluding hydrogens is 234 g/mol. The van der Waals surface area contributed by atoms with Crippen molar-refractivity contribution < 1.29 is 14.6 Å². The molecule has 1 unspecified atom stereocenters. The Labute approximate surface area is 104 Å². The van der Waals surface area contributed by atoms with E-state index < -0.39 is 12.1 Å². The molecule has 6 heteroatoms. The van der Waals surface area contributed by atoms with Gasteiger partial charge in [-0.25, -0.2) is 9.78 Å². The number of carboxylic acid groups (broad SMARTS) is 1. The topological polar surface area (TPSA) is 86.5 Å². The molecule has 6 nitrogen and oxygen atoms in total. The minimum atomic E-state index is -1.03. The van der Waals surface area contributed by atoms with E-state index in [4.69, 9.17) is 15.1 Å². The zero-order chi connectivity index (χ0) is 13.0. The number of pyridine rings is 1. The van der Waals surface area contributed by atoms with Gasteiger partial charge in [-0.2, -0.15) is 5.26 Å². The van der Waals surface area contributed by atoms with E-state index >= 15 is 0 Å². The lowest BCUT2D eigenvalue weighted by atomic mass is 10.2. The van der Waals surface area contributed by atoms with Crippen LogP contribution in [0.5, 0.6) is 0 Å². The highest BCUT2D eigenvalue weighted by molar-refractivity contribution is 5.85. The first-order valence-corrected chi connectivity index (χ1v) is 5.62. The van der Waals surface area contributed by atoms with Crippen LogP contribution in [-0.2, 0) is 11.3 Å². The quantitative estimate of drug-likeness (QED) is 0.837. The first kappa shape index (κ1) is 12.5. The molecule has 0 saturated carbocycles. The molecule has 1 aromatic rings. The minimum absolute atomic E-state index is 0.0394. The van der Waals surface area contributed by atoms with Gasteiger partial charge in [0.1, 0.15) is 5.69 Å². The van der Waals surface area contributed by atoms with Crippen LogP contribution in [0.25, 0.3) is 0 Å². The third-order valence-corrected chi connectivity index (χ3v) is 2.71. The molecule has 2 rings (SSSR count). The summed E-state index contributed by atoms with van der Waals surface area (Å²) in [7, 11) is 0. The molecule has 0 radical (unpaired) electrons. The van der Waals surface area contributed by atoms with Gasteiger partial charge in [-0.15, -0.1) is 0 Å². The Morgan fingerprint density at radius 1 is 1.67 bits per heavy atom. The van der Waals surface area contributed by atoms with E-state index in [0.717, 1.165) is 6.54 Å². The minimum Gasteiger partial charge on any atom is -0.477 e. The lowest BCUT2D eigenvalue weighted by molar-refractivity contribution is -0.00315. The van der Waals surface area contributed by atoms with Gasteiger partial charge in [0, 0.05) is 19.6 Å². The Morgan fingerprint density at radius 3 is 3.22 bits per heavy atom. The van der Waals surface area contributed by atoms with Crippen LogP contribution in [0, 0.1) is 11.3 Å². The molecule has 0 bridgehead atoms. The van der Waals surface area contributed by atoms with Crippen molar-refractivity contribution in [1.82, 2.24) is 9.88 Å². The number of rotatable bonds is 3. The summed E-state index contributed by atoms with van der Waals surface area (Å²) < 4.78 is 5.24. The second-order valence-corrected chi connectivity index (χ2v) is 4.04. The van der Waals surface area contributed by atoms with Crippen molar-refractivity contribution in [3.05, 3.63) is 29.6 Å². The number of nitrogens with zero attached hydrogens (tertiary/aromatic N) is 3. The van der Waals surface area contributed by atoms with Crippen molar-refractivity contribution in [3.8, 4) is 6.07 Å². The Bertz CT molecular complexity index is 484. The summed E-state index contributed by atoms with van der Waals surface area (Å²) >= 11 is 0. The number of hydrogen-bond donors (Lipinski definition) is 1. The fourth-order valence-corrected chi connectivity index (χ4v) is 1.84. The summed E-state index contributed by atoms with van der Waals surface area (Å²) in [6, 6.07) is 6.99. The Kier molecular flexibility index (Phi) is 3.87. The standard InChI is InChI=1S/C12H13N3O3/c13-6-10-8-15(4-5-18-10)7-9-2-1-3-11(14-9)12(16)17/h1-3,10H,4-5,7-8H2,(H,16,17). The van der Waals surface area contributed by atoms with Gasteiger partial charge in [0.2, 0.25) is 0 Å². The summed E-state index contributed by atoms with van der Waals surface area (Å²) in [5.41, 5.74) is 0.728. The number of hydrogen-bond acceptors (Lipinski definition) is 5. The van der Waals surface area contributed by atoms with Gasteiger partial charge < -0.3 is 9.84 Å². The van der Waals surface area contributed by atoms with Crippen LogP contribution in [0.3, 0.4) is 0 Å². The number of ether oxygens (including phenoxy) is 1. The van der Waals surface area contributed by atoms with Gasteiger partial charge in [0.05, 0.1) is 18.4 Å². The first-order chi connectivity index (χ1) is 8.69. The maximum atomic E-state index is 10.8. The zero-order valence-electron chi connectivity index (χ0n) is 9.74. The van der Waals surface area contributed by atoms with E-state index in [1.54, 1.807) is 12.1 Å². The molecule has 2 heterocycles. The fraction of sp³-hybridized carbons (Fsp3) is 0.417. The molecule has 94 valence electrons. The van der Waals surface area contributed by atoms with Gasteiger partial charge in [0.15, 0.2) is 6.10 Å². The van der Waals surface area contributed by atoms with Crippen molar-refractivity contribution in [2.24, 2.45) is 0 Å². The van der Waals surface area contributed by atoms with E-state index in [9.17, 15) is 4.79 Å². The monoisotopic (exact) mass is 247 g/mol. The molecule has 1 aliphatic rings. The van der Waals surface area contributed by atoms with E-state index in [1.165, 1.54) is 6.07 Å². The summed E-state index contributed by atoms with van der Waals surface area (Å²) in [6.07, 6.45) is -0.415. The average Bonchev–Trinajstić information content (AvgIpc) is 2.39.